The Bertz CT molecular complexity index is 1130. The summed E-state index contributed by atoms with van der Waals surface area (Å²) in [6, 6.07) is 5.20. The average molecular weight is 519 g/mol. The molecule has 160 valence electrons. The molecule has 0 bridgehead atoms. The van der Waals surface area contributed by atoms with E-state index in [-0.39, 0.29) is 33.0 Å². The van der Waals surface area contributed by atoms with Crippen LogP contribution in [0.4, 0.5) is 4.39 Å². The van der Waals surface area contributed by atoms with Crippen molar-refractivity contribution in [3.05, 3.63) is 56.3 Å². The van der Waals surface area contributed by atoms with Crippen molar-refractivity contribution in [2.24, 2.45) is 0 Å². The molecule has 6 nitrogen and oxygen atoms in total. The number of sulfone groups is 1. The van der Waals surface area contributed by atoms with Gasteiger partial charge < -0.3 is 15.2 Å². The minimum absolute atomic E-state index is 0.0278. The molecule has 2 aromatic carbocycles. The van der Waals surface area contributed by atoms with Crippen LogP contribution in [0.3, 0.4) is 0 Å². The van der Waals surface area contributed by atoms with E-state index in [0.29, 0.717) is 23.2 Å². The summed E-state index contributed by atoms with van der Waals surface area (Å²) in [4.78, 5) is 12.2. The van der Waals surface area contributed by atoms with Gasteiger partial charge in [-0.1, -0.05) is 33.6 Å². The number of aromatic hydroxyl groups is 1. The number of benzene rings is 2. The first kappa shape index (κ1) is 21.5. The molecule has 1 heterocycles. The molecule has 0 spiro atoms. The van der Waals surface area contributed by atoms with E-state index in [1.54, 1.807) is 0 Å². The van der Waals surface area contributed by atoms with Crippen molar-refractivity contribution in [2.75, 3.05) is 13.2 Å². The van der Waals surface area contributed by atoms with E-state index in [2.05, 4.69) is 21.2 Å². The van der Waals surface area contributed by atoms with Crippen molar-refractivity contribution >= 4 is 43.3 Å². The first-order chi connectivity index (χ1) is 14.2. The maximum absolute atomic E-state index is 15.0. The number of phenols is 1. The summed E-state index contributed by atoms with van der Waals surface area (Å²) < 4.78 is 46.3. The fraction of sp³-hybridized carbons (Fsp3) is 0.350. The summed E-state index contributed by atoms with van der Waals surface area (Å²) >= 11 is 9.07. The van der Waals surface area contributed by atoms with E-state index in [1.807, 2.05) is 0 Å². The number of halogens is 3. The average Bonchev–Trinajstić information content (AvgIpc) is 3.47. The second-order valence-electron chi connectivity index (χ2n) is 7.52. The highest BCUT2D eigenvalue weighted by molar-refractivity contribution is 9.10. The van der Waals surface area contributed by atoms with Gasteiger partial charge >= 0.3 is 0 Å². The van der Waals surface area contributed by atoms with Gasteiger partial charge in [0, 0.05) is 4.47 Å². The van der Waals surface area contributed by atoms with E-state index in [0.717, 1.165) is 12.8 Å². The lowest BCUT2D eigenvalue weighted by Crippen LogP contribution is -2.48. The number of ether oxygens (including phenoxy) is 1. The minimum Gasteiger partial charge on any atom is -0.505 e. The molecule has 0 atom stereocenters. The van der Waals surface area contributed by atoms with Gasteiger partial charge in [-0.05, 0) is 48.1 Å². The normalized spacial score (nSPS) is 16.9. The van der Waals surface area contributed by atoms with Gasteiger partial charge in [-0.15, -0.1) is 0 Å². The highest BCUT2D eigenvalue weighted by Crippen LogP contribution is 2.43. The molecule has 0 unspecified atom stereocenters. The molecule has 10 heteroatoms. The third-order valence-corrected chi connectivity index (χ3v) is 7.52. The maximum Gasteiger partial charge on any atom is 0.254 e. The lowest BCUT2D eigenvalue weighted by Gasteiger charge is -2.27. The first-order valence-electron chi connectivity index (χ1n) is 9.27. The number of amides is 1. The molecular weight excluding hydrogens is 501 g/mol. The van der Waals surface area contributed by atoms with Crippen molar-refractivity contribution in [3.63, 3.8) is 0 Å². The molecule has 2 aliphatic rings. The number of rotatable bonds is 6. The fourth-order valence-electron chi connectivity index (χ4n) is 3.31. The Morgan fingerprint density at radius 2 is 1.97 bits per heavy atom. The minimum atomic E-state index is -4.02. The third-order valence-electron chi connectivity index (χ3n) is 5.08. The molecule has 1 amide bonds. The van der Waals surface area contributed by atoms with Crippen LogP contribution in [-0.2, 0) is 20.3 Å². The van der Waals surface area contributed by atoms with Crippen LogP contribution in [0.5, 0.6) is 5.75 Å². The van der Waals surface area contributed by atoms with Gasteiger partial charge in [0.25, 0.3) is 5.91 Å². The molecule has 0 aromatic heterocycles. The SMILES string of the molecule is O=C(NC1COC1)c1cc(CS(=O)(=O)c2cc(Br)cc(Cl)c2O)cc(C2CC2)c1F. The maximum atomic E-state index is 15.0. The molecule has 1 saturated carbocycles. The number of carbonyl (C=O) groups is 1. The van der Waals surface area contributed by atoms with Crippen molar-refractivity contribution < 1.29 is 27.4 Å². The zero-order valence-corrected chi connectivity index (χ0v) is 18.8. The van der Waals surface area contributed by atoms with E-state index >= 15 is 0 Å². The Hall–Kier alpha value is -1.68. The predicted molar refractivity (Wildman–Crippen MR) is 112 cm³/mol. The summed E-state index contributed by atoms with van der Waals surface area (Å²) in [6.07, 6.45) is 1.57. The second-order valence-corrected chi connectivity index (χ2v) is 10.8. The van der Waals surface area contributed by atoms with E-state index in [9.17, 15) is 22.7 Å². The van der Waals surface area contributed by atoms with Crippen LogP contribution >= 0.6 is 27.5 Å². The van der Waals surface area contributed by atoms with Crippen molar-refractivity contribution in [2.45, 2.75) is 35.4 Å². The second kappa shape index (κ2) is 8.11. The Morgan fingerprint density at radius 1 is 1.27 bits per heavy atom. The van der Waals surface area contributed by atoms with Crippen LogP contribution in [0.15, 0.2) is 33.6 Å². The van der Waals surface area contributed by atoms with Crippen LogP contribution in [0.2, 0.25) is 5.02 Å². The molecule has 0 radical (unpaired) electrons. The fourth-order valence-corrected chi connectivity index (χ4v) is 5.80. The zero-order chi connectivity index (χ0) is 21.6. The molecular formula is C20H18BrClFNO5S. The summed E-state index contributed by atoms with van der Waals surface area (Å²) in [5, 5.41) is 12.7. The molecule has 4 rings (SSSR count). The number of carbonyl (C=O) groups excluding carboxylic acids is 1. The molecule has 1 aliphatic carbocycles. The Balaban J connectivity index is 1.71. The Morgan fingerprint density at radius 3 is 2.57 bits per heavy atom. The molecule has 1 aliphatic heterocycles. The smallest absolute Gasteiger partial charge is 0.254 e. The summed E-state index contributed by atoms with van der Waals surface area (Å²) in [7, 11) is -4.02. The third kappa shape index (κ3) is 4.34. The van der Waals surface area contributed by atoms with Gasteiger partial charge in [0.2, 0.25) is 0 Å². The van der Waals surface area contributed by atoms with Gasteiger partial charge in [-0.2, -0.15) is 0 Å². The number of phenolic OH excluding ortho intramolecular Hbond substituents is 1. The number of hydrogen-bond donors (Lipinski definition) is 2. The van der Waals surface area contributed by atoms with Gasteiger partial charge in [0.05, 0.1) is 35.6 Å². The topological polar surface area (TPSA) is 92.7 Å². The van der Waals surface area contributed by atoms with Crippen LogP contribution in [0.25, 0.3) is 0 Å². The number of nitrogens with one attached hydrogen (secondary N) is 1. The quantitative estimate of drug-likeness (QED) is 0.605. The van der Waals surface area contributed by atoms with E-state index in [1.165, 1.54) is 24.3 Å². The highest BCUT2D eigenvalue weighted by atomic mass is 79.9. The molecule has 30 heavy (non-hydrogen) atoms. The first-order valence-corrected chi connectivity index (χ1v) is 12.1. The van der Waals surface area contributed by atoms with Gasteiger partial charge in [0.1, 0.15) is 10.7 Å². The summed E-state index contributed by atoms with van der Waals surface area (Å²) in [6.45, 7) is 0.722. The van der Waals surface area contributed by atoms with Gasteiger partial charge in [0.15, 0.2) is 15.6 Å². The predicted octanol–water partition coefficient (Wildman–Crippen LogP) is 3.93. The van der Waals surface area contributed by atoms with Gasteiger partial charge in [-0.25, -0.2) is 12.8 Å². The van der Waals surface area contributed by atoms with Gasteiger partial charge in [-0.3, -0.25) is 4.79 Å². The van der Waals surface area contributed by atoms with Crippen molar-refractivity contribution in [1.82, 2.24) is 5.32 Å². The summed E-state index contributed by atoms with van der Waals surface area (Å²) in [5.41, 5.74) is 0.422. The van der Waals surface area contributed by atoms with Crippen LogP contribution in [0, 0.1) is 5.82 Å². The lowest BCUT2D eigenvalue weighted by atomic mass is 10.0. The monoisotopic (exact) mass is 517 g/mol. The van der Waals surface area contributed by atoms with Crippen molar-refractivity contribution in [1.29, 1.82) is 0 Å². The molecule has 2 N–H and O–H groups in total. The van der Waals surface area contributed by atoms with Crippen LogP contribution < -0.4 is 5.32 Å². The highest BCUT2D eigenvalue weighted by Gasteiger charge is 2.32. The Labute approximate surface area is 186 Å². The molecule has 2 aromatic rings. The zero-order valence-electron chi connectivity index (χ0n) is 15.6. The summed E-state index contributed by atoms with van der Waals surface area (Å²) in [5.74, 6) is -2.31. The van der Waals surface area contributed by atoms with Crippen LogP contribution in [0.1, 0.15) is 40.2 Å². The van der Waals surface area contributed by atoms with Crippen molar-refractivity contribution in [3.8, 4) is 5.75 Å². The standard InChI is InChI=1S/C20H18BrClFNO5S/c21-12-5-16(22)19(25)17(6-12)30(27,28)9-10-3-14(11-1-2-11)18(23)15(4-10)20(26)24-13-7-29-8-13/h3-6,11,13,25H,1-2,7-9H2,(H,24,26). The lowest BCUT2D eigenvalue weighted by molar-refractivity contribution is -0.00353. The molecule has 2 fully saturated rings. The largest absolute Gasteiger partial charge is 0.505 e. The number of hydrogen-bond acceptors (Lipinski definition) is 5. The van der Waals surface area contributed by atoms with E-state index in [4.69, 9.17) is 16.3 Å². The molecule has 1 saturated heterocycles. The van der Waals surface area contributed by atoms with Crippen LogP contribution in [-0.4, -0.2) is 38.7 Å². The van der Waals surface area contributed by atoms with E-state index < -0.39 is 33.1 Å². The Kier molecular flexibility index (Phi) is 5.82.